The van der Waals surface area contributed by atoms with Crippen molar-refractivity contribution in [3.63, 3.8) is 0 Å². The normalized spacial score (nSPS) is 15.2. The highest BCUT2D eigenvalue weighted by Gasteiger charge is 2.17. The van der Waals surface area contributed by atoms with Gasteiger partial charge < -0.3 is 19.9 Å². The Bertz CT molecular complexity index is 421. The number of ether oxygens (including phenoxy) is 1. The maximum absolute atomic E-state index is 5.38. The molecule has 112 valence electrons. The van der Waals surface area contributed by atoms with E-state index in [4.69, 9.17) is 4.74 Å². The van der Waals surface area contributed by atoms with E-state index in [1.54, 1.807) is 0 Å². The Morgan fingerprint density at radius 3 is 2.60 bits per heavy atom. The summed E-state index contributed by atoms with van der Waals surface area (Å²) in [5, 5.41) is 3.25. The summed E-state index contributed by atoms with van der Waals surface area (Å²) in [6, 6.07) is 0. The molecule has 1 N–H and O–H groups in total. The molecule has 0 bridgehead atoms. The van der Waals surface area contributed by atoms with Crippen LogP contribution < -0.4 is 15.1 Å². The smallest absolute Gasteiger partial charge is 0.232 e. The highest BCUT2D eigenvalue weighted by Crippen LogP contribution is 2.16. The molecule has 2 heterocycles. The number of nitrogens with one attached hydrogen (secondary N) is 1. The fourth-order valence-corrected chi connectivity index (χ4v) is 1.89. The van der Waals surface area contributed by atoms with Crippen molar-refractivity contribution in [3.05, 3.63) is 0 Å². The largest absolute Gasteiger partial charge is 0.378 e. The van der Waals surface area contributed by atoms with E-state index in [-0.39, 0.29) is 0 Å². The SMILES string of the molecule is CCCNc1nc(N(C)CC)nc(N2CCOCC2)n1. The molecule has 0 aromatic carbocycles. The van der Waals surface area contributed by atoms with Crippen LogP contribution in [-0.4, -0.2) is 61.4 Å². The Balaban J connectivity index is 2.23. The van der Waals surface area contributed by atoms with Crippen LogP contribution in [0.4, 0.5) is 17.8 Å². The van der Waals surface area contributed by atoms with E-state index in [0.717, 1.165) is 51.8 Å². The van der Waals surface area contributed by atoms with Crippen LogP contribution in [0.15, 0.2) is 0 Å². The van der Waals surface area contributed by atoms with E-state index in [0.29, 0.717) is 11.9 Å². The van der Waals surface area contributed by atoms with Gasteiger partial charge in [-0.3, -0.25) is 0 Å². The molecule has 1 aliphatic heterocycles. The molecule has 1 aliphatic rings. The monoisotopic (exact) mass is 280 g/mol. The van der Waals surface area contributed by atoms with E-state index in [1.807, 2.05) is 11.9 Å². The van der Waals surface area contributed by atoms with Gasteiger partial charge in [-0.05, 0) is 13.3 Å². The summed E-state index contributed by atoms with van der Waals surface area (Å²) in [4.78, 5) is 17.7. The second kappa shape index (κ2) is 7.23. The zero-order chi connectivity index (χ0) is 14.4. The van der Waals surface area contributed by atoms with Gasteiger partial charge in [0.2, 0.25) is 17.8 Å². The third kappa shape index (κ3) is 3.69. The van der Waals surface area contributed by atoms with Crippen molar-refractivity contribution in [2.75, 3.05) is 61.6 Å². The van der Waals surface area contributed by atoms with Crippen LogP contribution in [0.1, 0.15) is 20.3 Å². The minimum absolute atomic E-state index is 0.652. The van der Waals surface area contributed by atoms with Gasteiger partial charge in [-0.25, -0.2) is 0 Å². The highest BCUT2D eigenvalue weighted by molar-refractivity contribution is 5.45. The number of anilines is 3. The van der Waals surface area contributed by atoms with E-state index in [2.05, 4.69) is 39.0 Å². The zero-order valence-electron chi connectivity index (χ0n) is 12.6. The molecule has 0 saturated carbocycles. The molecule has 0 unspecified atom stereocenters. The van der Waals surface area contributed by atoms with Gasteiger partial charge in [0.05, 0.1) is 13.2 Å². The topological polar surface area (TPSA) is 66.4 Å². The third-order valence-corrected chi connectivity index (χ3v) is 3.25. The van der Waals surface area contributed by atoms with Crippen molar-refractivity contribution < 1.29 is 4.74 Å². The van der Waals surface area contributed by atoms with Crippen LogP contribution in [0.3, 0.4) is 0 Å². The zero-order valence-corrected chi connectivity index (χ0v) is 12.6. The standard InChI is InChI=1S/C13H24N6O/c1-4-6-14-11-15-12(18(3)5-2)17-13(16-11)19-7-9-20-10-8-19/h4-10H2,1-3H3,(H,14,15,16,17). The van der Waals surface area contributed by atoms with Crippen molar-refractivity contribution in [2.45, 2.75) is 20.3 Å². The molecule has 0 atom stereocenters. The van der Waals surface area contributed by atoms with E-state index < -0.39 is 0 Å². The summed E-state index contributed by atoms with van der Waals surface area (Å²) in [6.45, 7) is 9.03. The number of aromatic nitrogens is 3. The first-order chi connectivity index (χ1) is 9.74. The summed E-state index contributed by atoms with van der Waals surface area (Å²) in [5.74, 6) is 2.10. The average molecular weight is 280 g/mol. The molecular weight excluding hydrogens is 256 g/mol. The first-order valence-electron chi connectivity index (χ1n) is 7.28. The third-order valence-electron chi connectivity index (χ3n) is 3.25. The predicted octanol–water partition coefficient (Wildman–Crippen LogP) is 0.986. The molecule has 0 radical (unpaired) electrons. The molecule has 1 saturated heterocycles. The lowest BCUT2D eigenvalue weighted by Crippen LogP contribution is -2.38. The first kappa shape index (κ1) is 14.8. The van der Waals surface area contributed by atoms with Gasteiger partial charge in [-0.2, -0.15) is 15.0 Å². The van der Waals surface area contributed by atoms with Crippen LogP contribution >= 0.6 is 0 Å². The second-order valence-corrected chi connectivity index (χ2v) is 4.80. The Kier molecular flexibility index (Phi) is 5.34. The first-order valence-corrected chi connectivity index (χ1v) is 7.28. The number of nitrogens with zero attached hydrogens (tertiary/aromatic N) is 5. The van der Waals surface area contributed by atoms with Gasteiger partial charge in [0, 0.05) is 33.2 Å². The maximum atomic E-state index is 5.38. The molecule has 1 fully saturated rings. The van der Waals surface area contributed by atoms with Crippen molar-refractivity contribution in [2.24, 2.45) is 0 Å². The van der Waals surface area contributed by atoms with Gasteiger partial charge in [0.15, 0.2) is 0 Å². The minimum Gasteiger partial charge on any atom is -0.378 e. The van der Waals surface area contributed by atoms with E-state index in [1.165, 1.54) is 0 Å². The van der Waals surface area contributed by atoms with Crippen LogP contribution in [0.5, 0.6) is 0 Å². The minimum atomic E-state index is 0.652. The molecule has 1 aromatic rings. The van der Waals surface area contributed by atoms with Crippen molar-refractivity contribution in [3.8, 4) is 0 Å². The molecule has 20 heavy (non-hydrogen) atoms. The number of rotatable bonds is 6. The lowest BCUT2D eigenvalue weighted by molar-refractivity contribution is 0.122. The van der Waals surface area contributed by atoms with Crippen LogP contribution in [0.2, 0.25) is 0 Å². The maximum Gasteiger partial charge on any atom is 0.232 e. The fourth-order valence-electron chi connectivity index (χ4n) is 1.89. The lowest BCUT2D eigenvalue weighted by atomic mass is 10.4. The summed E-state index contributed by atoms with van der Waals surface area (Å²) in [7, 11) is 1.99. The number of morpholine rings is 1. The van der Waals surface area contributed by atoms with Gasteiger partial charge in [0.1, 0.15) is 0 Å². The molecule has 0 spiro atoms. The Labute approximate surface area is 120 Å². The molecule has 7 heteroatoms. The van der Waals surface area contributed by atoms with Gasteiger partial charge in [-0.1, -0.05) is 6.92 Å². The number of hydrogen-bond acceptors (Lipinski definition) is 7. The Morgan fingerprint density at radius 2 is 1.95 bits per heavy atom. The van der Waals surface area contributed by atoms with Crippen molar-refractivity contribution in [1.29, 1.82) is 0 Å². The number of hydrogen-bond donors (Lipinski definition) is 1. The molecule has 0 aliphatic carbocycles. The van der Waals surface area contributed by atoms with E-state index in [9.17, 15) is 0 Å². The molecule has 1 aromatic heterocycles. The van der Waals surface area contributed by atoms with E-state index >= 15 is 0 Å². The average Bonchev–Trinajstić information content (AvgIpc) is 2.52. The molecule has 0 amide bonds. The Morgan fingerprint density at radius 1 is 1.20 bits per heavy atom. The van der Waals surface area contributed by atoms with Crippen molar-refractivity contribution in [1.82, 2.24) is 15.0 Å². The fraction of sp³-hybridized carbons (Fsp3) is 0.769. The summed E-state index contributed by atoms with van der Waals surface area (Å²) in [6.07, 6.45) is 1.04. The molecular formula is C13H24N6O. The van der Waals surface area contributed by atoms with Gasteiger partial charge in [0.25, 0.3) is 0 Å². The predicted molar refractivity (Wildman–Crippen MR) is 80.6 cm³/mol. The van der Waals surface area contributed by atoms with Crippen LogP contribution in [0.25, 0.3) is 0 Å². The van der Waals surface area contributed by atoms with Gasteiger partial charge in [-0.15, -0.1) is 0 Å². The molecule has 2 rings (SSSR count). The van der Waals surface area contributed by atoms with Crippen molar-refractivity contribution >= 4 is 17.8 Å². The summed E-state index contributed by atoms with van der Waals surface area (Å²) in [5.41, 5.74) is 0. The summed E-state index contributed by atoms with van der Waals surface area (Å²) >= 11 is 0. The lowest BCUT2D eigenvalue weighted by Gasteiger charge is -2.27. The summed E-state index contributed by atoms with van der Waals surface area (Å²) < 4.78 is 5.38. The highest BCUT2D eigenvalue weighted by atomic mass is 16.5. The van der Waals surface area contributed by atoms with Gasteiger partial charge >= 0.3 is 0 Å². The van der Waals surface area contributed by atoms with Crippen LogP contribution in [0, 0.1) is 0 Å². The second-order valence-electron chi connectivity index (χ2n) is 4.80. The van der Waals surface area contributed by atoms with Crippen LogP contribution in [-0.2, 0) is 4.74 Å². The Hall–Kier alpha value is -1.63. The molecule has 7 nitrogen and oxygen atoms in total. The quantitative estimate of drug-likeness (QED) is 0.833.